The maximum Gasteiger partial charge on any atom is 0.260 e. The van der Waals surface area contributed by atoms with E-state index in [0.717, 1.165) is 29.1 Å². The first-order valence-electron chi connectivity index (χ1n) is 11.6. The van der Waals surface area contributed by atoms with E-state index in [4.69, 9.17) is 0 Å². The molecule has 7 nitrogen and oxygen atoms in total. The number of fused-ring (bicyclic) bond motifs is 1. The number of imidazole rings is 1. The number of rotatable bonds is 5. The monoisotopic (exact) mass is 486 g/mol. The maximum atomic E-state index is 15.7. The fraction of sp³-hybridized carbons (Fsp3) is 0.500. The van der Waals surface area contributed by atoms with Crippen LogP contribution in [0.25, 0.3) is 11.0 Å². The molecule has 2 aliphatic rings. The first-order valence-corrected chi connectivity index (χ1v) is 12.9. The van der Waals surface area contributed by atoms with Gasteiger partial charge in [0.05, 0.1) is 17.2 Å². The van der Waals surface area contributed by atoms with Crippen LogP contribution in [0.3, 0.4) is 0 Å². The van der Waals surface area contributed by atoms with Crippen LogP contribution in [0, 0.1) is 5.82 Å². The second kappa shape index (κ2) is 9.58. The maximum absolute atomic E-state index is 15.7. The molecule has 0 spiro atoms. The van der Waals surface area contributed by atoms with Crippen molar-refractivity contribution in [3.05, 3.63) is 48.0 Å². The lowest BCUT2D eigenvalue weighted by atomic mass is 9.90. The molecule has 2 fully saturated rings. The first-order chi connectivity index (χ1) is 16.5. The lowest BCUT2D eigenvalue weighted by Crippen LogP contribution is -2.53. The second-order valence-electron chi connectivity index (χ2n) is 9.12. The van der Waals surface area contributed by atoms with Gasteiger partial charge < -0.3 is 9.47 Å². The average Bonchev–Trinajstić information content (AvgIpc) is 3.23. The highest BCUT2D eigenvalue weighted by Gasteiger charge is 2.45. The minimum atomic E-state index is -1.80. The fourth-order valence-corrected chi connectivity index (χ4v) is 5.74. The molecule has 0 saturated carbocycles. The van der Waals surface area contributed by atoms with Crippen molar-refractivity contribution >= 4 is 28.7 Å². The van der Waals surface area contributed by atoms with Crippen LogP contribution in [0.5, 0.6) is 0 Å². The summed E-state index contributed by atoms with van der Waals surface area (Å²) in [4.78, 5) is 21.6. The SMILES string of the molecule is CSc1nc2cc(F)ccc2n1C1CCN(C(=O)C2(F)CCN(Cc3ccnnc3)CC2)CC1. The van der Waals surface area contributed by atoms with E-state index in [2.05, 4.69) is 24.6 Å². The molecule has 0 bridgehead atoms. The van der Waals surface area contributed by atoms with Crippen molar-refractivity contribution in [2.75, 3.05) is 32.4 Å². The van der Waals surface area contributed by atoms with Crippen molar-refractivity contribution < 1.29 is 13.6 Å². The normalized spacial score (nSPS) is 19.6. The van der Waals surface area contributed by atoms with Gasteiger partial charge in [0, 0.05) is 63.9 Å². The Kier molecular flexibility index (Phi) is 6.52. The van der Waals surface area contributed by atoms with E-state index in [0.29, 0.717) is 38.2 Å². The Balaban J connectivity index is 1.21. The number of benzene rings is 1. The summed E-state index contributed by atoms with van der Waals surface area (Å²) < 4.78 is 31.5. The van der Waals surface area contributed by atoms with Crippen LogP contribution in [0.4, 0.5) is 8.78 Å². The van der Waals surface area contributed by atoms with Crippen molar-refractivity contribution in [3.8, 4) is 0 Å². The van der Waals surface area contributed by atoms with E-state index in [9.17, 15) is 9.18 Å². The number of halogens is 2. The molecule has 2 saturated heterocycles. The van der Waals surface area contributed by atoms with Crippen LogP contribution >= 0.6 is 11.8 Å². The number of carbonyl (C=O) groups is 1. The number of thioether (sulfide) groups is 1. The molecule has 34 heavy (non-hydrogen) atoms. The van der Waals surface area contributed by atoms with Crippen LogP contribution in [-0.4, -0.2) is 73.6 Å². The lowest BCUT2D eigenvalue weighted by Gasteiger charge is -2.40. The van der Waals surface area contributed by atoms with Gasteiger partial charge in [0.15, 0.2) is 10.8 Å². The molecule has 0 unspecified atom stereocenters. The van der Waals surface area contributed by atoms with Gasteiger partial charge >= 0.3 is 0 Å². The van der Waals surface area contributed by atoms with E-state index in [1.165, 1.54) is 23.9 Å². The molecule has 10 heteroatoms. The van der Waals surface area contributed by atoms with Crippen LogP contribution in [0.2, 0.25) is 0 Å². The highest BCUT2D eigenvalue weighted by molar-refractivity contribution is 7.98. The first kappa shape index (κ1) is 23.2. The van der Waals surface area contributed by atoms with Crippen LogP contribution in [-0.2, 0) is 11.3 Å². The fourth-order valence-electron chi connectivity index (χ4n) is 5.11. The quantitative estimate of drug-likeness (QED) is 0.511. The molecular formula is C24H28F2N6OS. The van der Waals surface area contributed by atoms with Gasteiger partial charge in [0.25, 0.3) is 5.91 Å². The predicted octanol–water partition coefficient (Wildman–Crippen LogP) is 3.86. The molecule has 1 aromatic carbocycles. The largest absolute Gasteiger partial charge is 0.340 e. The number of hydrogen-bond acceptors (Lipinski definition) is 6. The molecule has 0 atom stereocenters. The lowest BCUT2D eigenvalue weighted by molar-refractivity contribution is -0.149. The van der Waals surface area contributed by atoms with Crippen LogP contribution in [0.15, 0.2) is 41.8 Å². The zero-order chi connectivity index (χ0) is 23.7. The molecule has 2 aliphatic heterocycles. The third-order valence-corrected chi connectivity index (χ3v) is 7.66. The summed E-state index contributed by atoms with van der Waals surface area (Å²) in [5.74, 6) is -0.680. The summed E-state index contributed by atoms with van der Waals surface area (Å²) >= 11 is 1.53. The molecule has 4 heterocycles. The minimum Gasteiger partial charge on any atom is -0.340 e. The molecule has 0 aliphatic carbocycles. The van der Waals surface area contributed by atoms with E-state index in [1.54, 1.807) is 23.4 Å². The van der Waals surface area contributed by atoms with Crippen LogP contribution < -0.4 is 0 Å². The number of aromatic nitrogens is 4. The Hall–Kier alpha value is -2.59. The van der Waals surface area contributed by atoms with Crippen molar-refractivity contribution in [1.29, 1.82) is 0 Å². The Bertz CT molecular complexity index is 1160. The van der Waals surface area contributed by atoms with Gasteiger partial charge in [0.2, 0.25) is 0 Å². The number of piperidine rings is 2. The van der Waals surface area contributed by atoms with E-state index in [-0.39, 0.29) is 30.6 Å². The molecule has 0 radical (unpaired) electrons. The van der Waals surface area contributed by atoms with E-state index >= 15 is 4.39 Å². The van der Waals surface area contributed by atoms with Gasteiger partial charge in [0.1, 0.15) is 5.82 Å². The number of carbonyl (C=O) groups excluding carboxylic acids is 1. The van der Waals surface area contributed by atoms with Crippen molar-refractivity contribution in [2.45, 2.75) is 49.1 Å². The predicted molar refractivity (Wildman–Crippen MR) is 127 cm³/mol. The number of hydrogen-bond donors (Lipinski definition) is 0. The second-order valence-corrected chi connectivity index (χ2v) is 9.89. The Morgan fingerprint density at radius 1 is 1.15 bits per heavy atom. The van der Waals surface area contributed by atoms with Gasteiger partial charge in [-0.25, -0.2) is 13.8 Å². The standard InChI is InChI=1S/C24H28F2N6OS/c1-34-23-29-20-14-18(25)2-3-21(20)32(23)19-5-10-31(11-6-19)22(33)24(26)7-12-30(13-8-24)16-17-4-9-27-28-15-17/h2-4,9,14-15,19H,5-8,10-13,16H2,1H3. The van der Waals surface area contributed by atoms with Gasteiger partial charge in [-0.05, 0) is 42.9 Å². The summed E-state index contributed by atoms with van der Waals surface area (Å²) in [6.07, 6.45) is 7.18. The number of alkyl halides is 1. The van der Waals surface area contributed by atoms with Gasteiger partial charge in [-0.2, -0.15) is 10.2 Å². The number of nitrogens with zero attached hydrogens (tertiary/aromatic N) is 6. The molecule has 1 amide bonds. The Labute approximate surface area is 201 Å². The Morgan fingerprint density at radius 3 is 2.59 bits per heavy atom. The number of amides is 1. The zero-order valence-electron chi connectivity index (χ0n) is 19.2. The third-order valence-electron chi connectivity index (χ3n) is 7.00. The van der Waals surface area contributed by atoms with Gasteiger partial charge in [-0.3, -0.25) is 9.69 Å². The summed E-state index contributed by atoms with van der Waals surface area (Å²) in [7, 11) is 0. The highest BCUT2D eigenvalue weighted by Crippen LogP contribution is 2.35. The van der Waals surface area contributed by atoms with E-state index in [1.807, 2.05) is 12.3 Å². The smallest absolute Gasteiger partial charge is 0.260 e. The topological polar surface area (TPSA) is 67.2 Å². The molecule has 3 aromatic rings. The molecule has 0 N–H and O–H groups in total. The highest BCUT2D eigenvalue weighted by atomic mass is 32.2. The van der Waals surface area contributed by atoms with E-state index < -0.39 is 5.67 Å². The molecule has 5 rings (SSSR count). The Morgan fingerprint density at radius 2 is 1.91 bits per heavy atom. The number of likely N-dealkylation sites (tertiary alicyclic amines) is 2. The minimum absolute atomic E-state index is 0.147. The summed E-state index contributed by atoms with van der Waals surface area (Å²) in [5.41, 5.74) is 0.770. The molecule has 2 aromatic heterocycles. The summed E-state index contributed by atoms with van der Waals surface area (Å²) in [6, 6.07) is 6.72. The van der Waals surface area contributed by atoms with Gasteiger partial charge in [-0.15, -0.1) is 0 Å². The molecular weight excluding hydrogens is 458 g/mol. The van der Waals surface area contributed by atoms with Crippen molar-refractivity contribution in [1.82, 2.24) is 29.5 Å². The van der Waals surface area contributed by atoms with Crippen molar-refractivity contribution in [2.24, 2.45) is 0 Å². The summed E-state index contributed by atoms with van der Waals surface area (Å²) in [6.45, 7) is 2.78. The summed E-state index contributed by atoms with van der Waals surface area (Å²) in [5, 5.41) is 8.51. The van der Waals surface area contributed by atoms with Crippen molar-refractivity contribution in [3.63, 3.8) is 0 Å². The van der Waals surface area contributed by atoms with Gasteiger partial charge in [-0.1, -0.05) is 11.8 Å². The molecule has 180 valence electrons. The third kappa shape index (κ3) is 4.53. The van der Waals surface area contributed by atoms with Crippen LogP contribution in [0.1, 0.15) is 37.3 Å². The zero-order valence-corrected chi connectivity index (χ0v) is 20.0. The average molecular weight is 487 g/mol.